The van der Waals surface area contributed by atoms with Crippen molar-refractivity contribution >= 4 is 11.8 Å². The largest absolute Gasteiger partial charge is 0.392 e. The molecule has 6 rings (SSSR count). The minimum absolute atomic E-state index is 0.0109. The monoisotopic (exact) mass is 685 g/mol. The predicted octanol–water partition coefficient (Wildman–Crippen LogP) is 5.54. The lowest BCUT2D eigenvalue weighted by molar-refractivity contribution is -0.255. The standard InChI is InChI=1S/C40H51N3O7/c1-29(45)41-19-4-2-3-8-38(46)42-26-31-6-5-7-35(24-31)32-13-15-34(16-14-32)39-49-36(25-37(50-39)33-11-9-30(28-44)10-12-33)27-43-20-17-40(18-21-43)47-22-23-48-40/h5-7,9-16,24,36-37,39,44H,2-4,8,17-23,25-28H2,1H3,(H,41,45)(H,42,46). The van der Waals surface area contributed by atoms with Crippen LogP contribution >= 0.6 is 0 Å². The molecule has 1 spiro atoms. The zero-order chi connectivity index (χ0) is 34.8. The highest BCUT2D eigenvalue weighted by molar-refractivity contribution is 5.76. The van der Waals surface area contributed by atoms with Gasteiger partial charge in [-0.15, -0.1) is 0 Å². The van der Waals surface area contributed by atoms with Crippen molar-refractivity contribution in [3.63, 3.8) is 0 Å². The number of benzene rings is 3. The summed E-state index contributed by atoms with van der Waals surface area (Å²) in [5, 5.41) is 15.4. The second-order valence-corrected chi connectivity index (χ2v) is 13.7. The number of amides is 2. The van der Waals surface area contributed by atoms with E-state index in [9.17, 15) is 14.7 Å². The lowest BCUT2D eigenvalue weighted by Crippen LogP contribution is -2.48. The van der Waals surface area contributed by atoms with Crippen molar-refractivity contribution in [1.82, 2.24) is 15.5 Å². The van der Waals surface area contributed by atoms with Crippen molar-refractivity contribution < 1.29 is 33.6 Å². The highest BCUT2D eigenvalue weighted by Crippen LogP contribution is 2.39. The number of carbonyl (C=O) groups excluding carboxylic acids is 2. The quantitative estimate of drug-likeness (QED) is 0.189. The zero-order valence-corrected chi connectivity index (χ0v) is 29.1. The maximum Gasteiger partial charge on any atom is 0.220 e. The fraction of sp³-hybridized carbons (Fsp3) is 0.500. The van der Waals surface area contributed by atoms with Gasteiger partial charge in [0.1, 0.15) is 0 Å². The smallest absolute Gasteiger partial charge is 0.220 e. The van der Waals surface area contributed by atoms with Gasteiger partial charge in [0.05, 0.1) is 32.0 Å². The van der Waals surface area contributed by atoms with Crippen LogP contribution < -0.4 is 10.6 Å². The summed E-state index contributed by atoms with van der Waals surface area (Å²) in [5.41, 5.74) is 6.10. The van der Waals surface area contributed by atoms with E-state index in [0.29, 0.717) is 32.7 Å². The number of unbranched alkanes of at least 4 members (excludes halogenated alkanes) is 2. The first-order chi connectivity index (χ1) is 24.4. The third kappa shape index (κ3) is 9.99. The molecule has 0 radical (unpaired) electrons. The number of nitrogens with one attached hydrogen (secondary N) is 2. The number of hydrogen-bond donors (Lipinski definition) is 3. The Hall–Kier alpha value is -3.64. The molecular weight excluding hydrogens is 634 g/mol. The molecule has 0 aromatic heterocycles. The molecule has 3 heterocycles. The molecule has 10 nitrogen and oxygen atoms in total. The number of rotatable bonds is 14. The summed E-state index contributed by atoms with van der Waals surface area (Å²) in [5.74, 6) is -0.391. The number of piperidine rings is 1. The number of nitrogens with zero attached hydrogens (tertiary/aromatic N) is 1. The summed E-state index contributed by atoms with van der Waals surface area (Å²) >= 11 is 0. The second kappa shape index (κ2) is 17.5. The van der Waals surface area contributed by atoms with Crippen molar-refractivity contribution in [2.24, 2.45) is 0 Å². The molecule has 0 bridgehead atoms. The summed E-state index contributed by atoms with van der Waals surface area (Å²) in [4.78, 5) is 25.8. The van der Waals surface area contributed by atoms with E-state index in [1.165, 1.54) is 6.92 Å². The van der Waals surface area contributed by atoms with Gasteiger partial charge in [-0.1, -0.05) is 73.2 Å². The van der Waals surface area contributed by atoms with E-state index in [1.54, 1.807) is 0 Å². The maximum atomic E-state index is 12.4. The molecule has 3 aliphatic rings. The summed E-state index contributed by atoms with van der Waals surface area (Å²) in [6, 6.07) is 24.6. The Kier molecular flexibility index (Phi) is 12.7. The fourth-order valence-electron chi connectivity index (χ4n) is 7.02. The molecule has 0 saturated carbocycles. The number of carbonyl (C=O) groups is 2. The van der Waals surface area contributed by atoms with Crippen molar-refractivity contribution in [2.75, 3.05) is 39.4 Å². The van der Waals surface area contributed by atoms with Crippen LogP contribution in [0.15, 0.2) is 72.8 Å². The normalized spacial score (nSPS) is 22.0. The van der Waals surface area contributed by atoms with Gasteiger partial charge < -0.3 is 39.6 Å². The molecule has 3 aromatic rings. The molecule has 268 valence electrons. The van der Waals surface area contributed by atoms with Gasteiger partial charge in [-0.25, -0.2) is 0 Å². The molecule has 3 N–H and O–H groups in total. The molecule has 3 aromatic carbocycles. The van der Waals surface area contributed by atoms with Crippen LogP contribution in [-0.2, 0) is 41.7 Å². The molecule has 3 fully saturated rings. The van der Waals surface area contributed by atoms with Crippen LogP contribution in [0, 0.1) is 0 Å². The summed E-state index contributed by atoms with van der Waals surface area (Å²) < 4.78 is 25.1. The molecule has 3 atom stereocenters. The van der Waals surface area contributed by atoms with E-state index in [4.69, 9.17) is 18.9 Å². The summed E-state index contributed by atoms with van der Waals surface area (Å²) in [7, 11) is 0. The highest BCUT2D eigenvalue weighted by Gasteiger charge is 2.41. The summed E-state index contributed by atoms with van der Waals surface area (Å²) in [6.07, 6.45) is 4.84. The van der Waals surface area contributed by atoms with E-state index in [0.717, 1.165) is 91.5 Å². The number of ether oxygens (including phenoxy) is 4. The van der Waals surface area contributed by atoms with Crippen molar-refractivity contribution in [2.45, 2.75) is 89.3 Å². The third-order valence-corrected chi connectivity index (χ3v) is 9.90. The summed E-state index contributed by atoms with van der Waals surface area (Å²) in [6.45, 7) is 6.61. The van der Waals surface area contributed by atoms with Crippen molar-refractivity contribution in [1.29, 1.82) is 0 Å². The minimum atomic E-state index is -0.519. The van der Waals surface area contributed by atoms with Gasteiger partial charge >= 0.3 is 0 Å². The first kappa shape index (κ1) is 36.2. The van der Waals surface area contributed by atoms with Gasteiger partial charge in [-0.05, 0) is 46.7 Å². The number of aliphatic hydroxyl groups is 1. The van der Waals surface area contributed by atoms with Gasteiger partial charge in [0.2, 0.25) is 11.8 Å². The molecule has 50 heavy (non-hydrogen) atoms. The predicted molar refractivity (Wildman–Crippen MR) is 190 cm³/mol. The average Bonchev–Trinajstić information content (AvgIpc) is 3.61. The fourth-order valence-corrected chi connectivity index (χ4v) is 7.02. The molecule has 0 aliphatic carbocycles. The molecule has 3 aliphatic heterocycles. The van der Waals surface area contributed by atoms with E-state index in [2.05, 4.69) is 51.9 Å². The van der Waals surface area contributed by atoms with E-state index in [-0.39, 0.29) is 30.6 Å². The number of likely N-dealkylation sites (tertiary alicyclic amines) is 1. The van der Waals surface area contributed by atoms with Crippen LogP contribution in [0.3, 0.4) is 0 Å². The number of aliphatic hydroxyl groups excluding tert-OH is 1. The lowest BCUT2D eigenvalue weighted by Gasteiger charge is -2.41. The highest BCUT2D eigenvalue weighted by atomic mass is 16.7. The topological polar surface area (TPSA) is 119 Å². The minimum Gasteiger partial charge on any atom is -0.392 e. The van der Waals surface area contributed by atoms with Gasteiger partial charge in [-0.2, -0.15) is 0 Å². The van der Waals surface area contributed by atoms with Crippen molar-refractivity contribution in [3.8, 4) is 11.1 Å². The Morgan fingerprint density at radius 3 is 2.30 bits per heavy atom. The van der Waals surface area contributed by atoms with Gasteiger partial charge in [0.15, 0.2) is 12.1 Å². The average molecular weight is 686 g/mol. The SMILES string of the molecule is CC(=O)NCCCCCC(=O)NCc1cccc(-c2ccc(C3OC(CN4CCC5(CC4)OCCO5)CC(c4ccc(CO)cc4)O3)cc2)c1. The zero-order valence-electron chi connectivity index (χ0n) is 29.1. The second-order valence-electron chi connectivity index (χ2n) is 13.7. The van der Waals surface area contributed by atoms with Crippen LogP contribution in [0.2, 0.25) is 0 Å². The molecule has 10 heteroatoms. The van der Waals surface area contributed by atoms with Crippen molar-refractivity contribution in [3.05, 3.63) is 95.1 Å². The first-order valence-corrected chi connectivity index (χ1v) is 18.1. The van der Waals surface area contributed by atoms with Gasteiger partial charge in [0, 0.05) is 70.9 Å². The van der Waals surface area contributed by atoms with Crippen LogP contribution in [0.25, 0.3) is 11.1 Å². The molecule has 2 amide bonds. The Bertz CT molecular complexity index is 1530. The Balaban J connectivity index is 1.06. The first-order valence-electron chi connectivity index (χ1n) is 18.1. The van der Waals surface area contributed by atoms with Gasteiger partial charge in [0.25, 0.3) is 0 Å². The van der Waals surface area contributed by atoms with Crippen LogP contribution in [0.1, 0.15) is 86.5 Å². The van der Waals surface area contributed by atoms with Crippen LogP contribution in [0.4, 0.5) is 0 Å². The van der Waals surface area contributed by atoms with E-state index in [1.807, 2.05) is 36.4 Å². The third-order valence-electron chi connectivity index (χ3n) is 9.90. The number of hydrogen-bond acceptors (Lipinski definition) is 8. The lowest BCUT2D eigenvalue weighted by atomic mass is 9.98. The Morgan fingerprint density at radius 2 is 1.58 bits per heavy atom. The van der Waals surface area contributed by atoms with Crippen LogP contribution in [0.5, 0.6) is 0 Å². The van der Waals surface area contributed by atoms with Crippen LogP contribution in [-0.4, -0.2) is 73.1 Å². The van der Waals surface area contributed by atoms with E-state index >= 15 is 0 Å². The molecule has 3 saturated heterocycles. The maximum absolute atomic E-state index is 12.4. The Morgan fingerprint density at radius 1 is 0.840 bits per heavy atom. The van der Waals surface area contributed by atoms with E-state index < -0.39 is 12.1 Å². The van der Waals surface area contributed by atoms with Gasteiger partial charge in [-0.3, -0.25) is 9.59 Å². The Labute approximate surface area is 295 Å². The molecular formula is C40H51N3O7. The molecule has 3 unspecified atom stereocenters.